The minimum absolute atomic E-state index is 0.0528. The number of nitriles is 1. The summed E-state index contributed by atoms with van der Waals surface area (Å²) in [7, 11) is 0. The molecule has 2 aromatic rings. The number of aromatic carboxylic acids is 1. The molecule has 21 heavy (non-hydrogen) atoms. The standard InChI is InChI=1S/C15H13N3O3/c1-10(6-8-16)21-12-4-2-11(3-5-12)14-17-9-7-13(18-14)15(19)20/h2-5,7,9-10H,6H2,1H3,(H,19,20). The third-order valence-electron chi connectivity index (χ3n) is 2.70. The van der Waals surface area contributed by atoms with Crippen LogP contribution in [0.4, 0.5) is 0 Å². The molecule has 0 amide bonds. The summed E-state index contributed by atoms with van der Waals surface area (Å²) in [5.41, 5.74) is 0.640. The predicted octanol–water partition coefficient (Wildman–Crippen LogP) is 2.52. The maximum atomic E-state index is 10.9. The average Bonchev–Trinajstić information content (AvgIpc) is 2.48. The van der Waals surface area contributed by atoms with Crippen molar-refractivity contribution < 1.29 is 14.6 Å². The highest BCUT2D eigenvalue weighted by Gasteiger charge is 2.08. The third-order valence-corrected chi connectivity index (χ3v) is 2.70. The molecule has 0 saturated carbocycles. The average molecular weight is 283 g/mol. The van der Waals surface area contributed by atoms with Gasteiger partial charge in [-0.1, -0.05) is 0 Å². The Morgan fingerprint density at radius 3 is 2.71 bits per heavy atom. The number of hydrogen-bond acceptors (Lipinski definition) is 5. The van der Waals surface area contributed by atoms with Crippen molar-refractivity contribution in [1.29, 1.82) is 5.26 Å². The van der Waals surface area contributed by atoms with Gasteiger partial charge in [-0.25, -0.2) is 14.8 Å². The molecule has 0 saturated heterocycles. The van der Waals surface area contributed by atoms with Crippen LogP contribution in [0.3, 0.4) is 0 Å². The van der Waals surface area contributed by atoms with E-state index >= 15 is 0 Å². The summed E-state index contributed by atoms with van der Waals surface area (Å²) >= 11 is 0. The summed E-state index contributed by atoms with van der Waals surface area (Å²) in [4.78, 5) is 18.9. The van der Waals surface area contributed by atoms with Crippen molar-refractivity contribution in [2.75, 3.05) is 0 Å². The molecule has 1 heterocycles. The Bertz CT molecular complexity index is 677. The zero-order valence-electron chi connectivity index (χ0n) is 11.4. The molecule has 0 bridgehead atoms. The van der Waals surface area contributed by atoms with Crippen LogP contribution >= 0.6 is 0 Å². The van der Waals surface area contributed by atoms with E-state index in [0.717, 1.165) is 0 Å². The molecule has 1 aromatic carbocycles. The number of hydrogen-bond donors (Lipinski definition) is 1. The Labute approximate surface area is 121 Å². The lowest BCUT2D eigenvalue weighted by Crippen LogP contribution is -2.10. The maximum absolute atomic E-state index is 10.9. The molecule has 1 N–H and O–H groups in total. The summed E-state index contributed by atoms with van der Waals surface area (Å²) in [5, 5.41) is 17.5. The number of carboxylic acids is 1. The van der Waals surface area contributed by atoms with Gasteiger partial charge < -0.3 is 9.84 Å². The van der Waals surface area contributed by atoms with Crippen LogP contribution in [0, 0.1) is 11.3 Å². The number of ether oxygens (including phenoxy) is 1. The topological polar surface area (TPSA) is 96.1 Å². The van der Waals surface area contributed by atoms with E-state index in [1.807, 2.05) is 13.0 Å². The van der Waals surface area contributed by atoms with Gasteiger partial charge in [-0.15, -0.1) is 0 Å². The largest absolute Gasteiger partial charge is 0.490 e. The van der Waals surface area contributed by atoms with Crippen LogP contribution < -0.4 is 4.74 Å². The lowest BCUT2D eigenvalue weighted by Gasteiger charge is -2.11. The molecule has 2 rings (SSSR count). The molecule has 1 aromatic heterocycles. The van der Waals surface area contributed by atoms with Crippen LogP contribution in [-0.2, 0) is 0 Å². The van der Waals surface area contributed by atoms with Crippen molar-refractivity contribution in [3.63, 3.8) is 0 Å². The van der Waals surface area contributed by atoms with Crippen molar-refractivity contribution in [3.05, 3.63) is 42.2 Å². The molecule has 1 atom stereocenters. The first kappa shape index (κ1) is 14.5. The van der Waals surface area contributed by atoms with E-state index in [4.69, 9.17) is 15.1 Å². The van der Waals surface area contributed by atoms with E-state index < -0.39 is 5.97 Å². The molecular formula is C15H13N3O3. The number of carboxylic acid groups (broad SMARTS) is 1. The normalized spacial score (nSPS) is 11.4. The minimum atomic E-state index is -1.09. The summed E-state index contributed by atoms with van der Waals surface area (Å²) in [5.74, 6) is -0.119. The monoisotopic (exact) mass is 283 g/mol. The number of carbonyl (C=O) groups is 1. The molecule has 0 aliphatic heterocycles. The first-order chi connectivity index (χ1) is 10.1. The van der Waals surface area contributed by atoms with Gasteiger partial charge in [0.15, 0.2) is 11.5 Å². The van der Waals surface area contributed by atoms with Gasteiger partial charge in [0.2, 0.25) is 0 Å². The Morgan fingerprint density at radius 1 is 1.38 bits per heavy atom. The Balaban J connectivity index is 2.17. The van der Waals surface area contributed by atoms with Crippen LogP contribution in [0.15, 0.2) is 36.5 Å². The molecule has 6 heteroatoms. The Hall–Kier alpha value is -2.94. The lowest BCUT2D eigenvalue weighted by molar-refractivity contribution is 0.0690. The third kappa shape index (κ3) is 3.76. The Morgan fingerprint density at radius 2 is 2.10 bits per heavy atom. The Kier molecular flexibility index (Phi) is 4.46. The summed E-state index contributed by atoms with van der Waals surface area (Å²) in [6, 6.07) is 10.3. The van der Waals surface area contributed by atoms with E-state index in [1.54, 1.807) is 24.3 Å². The molecule has 0 spiro atoms. The molecule has 0 aliphatic rings. The fraction of sp³-hybridized carbons (Fsp3) is 0.200. The maximum Gasteiger partial charge on any atom is 0.354 e. The van der Waals surface area contributed by atoms with Crippen LogP contribution in [-0.4, -0.2) is 27.1 Å². The zero-order valence-corrected chi connectivity index (χ0v) is 11.4. The molecule has 0 aliphatic carbocycles. The van der Waals surface area contributed by atoms with Gasteiger partial charge in [0.1, 0.15) is 11.9 Å². The van der Waals surface area contributed by atoms with Crippen molar-refractivity contribution >= 4 is 5.97 Å². The second kappa shape index (κ2) is 6.48. The molecule has 1 unspecified atom stereocenters. The summed E-state index contributed by atoms with van der Waals surface area (Å²) in [6.45, 7) is 1.82. The van der Waals surface area contributed by atoms with Crippen LogP contribution in [0.1, 0.15) is 23.8 Å². The van der Waals surface area contributed by atoms with E-state index in [-0.39, 0.29) is 11.8 Å². The second-order valence-corrected chi connectivity index (χ2v) is 4.39. The highest BCUT2D eigenvalue weighted by molar-refractivity contribution is 5.85. The highest BCUT2D eigenvalue weighted by atomic mass is 16.5. The van der Waals surface area contributed by atoms with E-state index in [0.29, 0.717) is 23.6 Å². The fourth-order valence-electron chi connectivity index (χ4n) is 1.70. The molecule has 0 radical (unpaired) electrons. The van der Waals surface area contributed by atoms with Crippen LogP contribution in [0.25, 0.3) is 11.4 Å². The number of nitrogens with zero attached hydrogens (tertiary/aromatic N) is 3. The van der Waals surface area contributed by atoms with Crippen molar-refractivity contribution in [2.45, 2.75) is 19.4 Å². The molecule has 106 valence electrons. The van der Waals surface area contributed by atoms with Crippen molar-refractivity contribution in [1.82, 2.24) is 9.97 Å². The number of aromatic nitrogens is 2. The predicted molar refractivity (Wildman–Crippen MR) is 74.7 cm³/mol. The van der Waals surface area contributed by atoms with Gasteiger partial charge in [0.25, 0.3) is 0 Å². The van der Waals surface area contributed by atoms with Gasteiger partial charge in [-0.3, -0.25) is 0 Å². The van der Waals surface area contributed by atoms with Gasteiger partial charge >= 0.3 is 5.97 Å². The smallest absolute Gasteiger partial charge is 0.354 e. The van der Waals surface area contributed by atoms with Gasteiger partial charge in [-0.05, 0) is 37.3 Å². The van der Waals surface area contributed by atoms with Crippen molar-refractivity contribution in [3.8, 4) is 23.2 Å². The first-order valence-corrected chi connectivity index (χ1v) is 6.30. The van der Waals surface area contributed by atoms with Gasteiger partial charge in [0.05, 0.1) is 12.5 Å². The number of rotatable bonds is 5. The SMILES string of the molecule is CC(CC#N)Oc1ccc(-c2nccc(C(=O)O)n2)cc1. The van der Waals surface area contributed by atoms with Crippen molar-refractivity contribution in [2.24, 2.45) is 0 Å². The highest BCUT2D eigenvalue weighted by Crippen LogP contribution is 2.20. The fourth-order valence-corrected chi connectivity index (χ4v) is 1.70. The van der Waals surface area contributed by atoms with E-state index in [1.165, 1.54) is 12.3 Å². The van der Waals surface area contributed by atoms with Gasteiger partial charge in [-0.2, -0.15) is 5.26 Å². The van der Waals surface area contributed by atoms with Crippen LogP contribution in [0.5, 0.6) is 5.75 Å². The van der Waals surface area contributed by atoms with Crippen LogP contribution in [0.2, 0.25) is 0 Å². The molecule has 6 nitrogen and oxygen atoms in total. The second-order valence-electron chi connectivity index (χ2n) is 4.39. The zero-order chi connectivity index (χ0) is 15.2. The summed E-state index contributed by atoms with van der Waals surface area (Å²) < 4.78 is 5.55. The minimum Gasteiger partial charge on any atom is -0.490 e. The molecular weight excluding hydrogens is 270 g/mol. The quantitative estimate of drug-likeness (QED) is 0.905. The van der Waals surface area contributed by atoms with E-state index in [2.05, 4.69) is 9.97 Å². The van der Waals surface area contributed by atoms with Gasteiger partial charge in [0, 0.05) is 11.8 Å². The number of benzene rings is 1. The first-order valence-electron chi connectivity index (χ1n) is 6.30. The van der Waals surface area contributed by atoms with E-state index in [9.17, 15) is 4.79 Å². The molecule has 0 fully saturated rings. The summed E-state index contributed by atoms with van der Waals surface area (Å²) in [6.07, 6.45) is 1.53. The lowest BCUT2D eigenvalue weighted by atomic mass is 10.2.